The van der Waals surface area contributed by atoms with Crippen LogP contribution < -0.4 is 11.1 Å². The van der Waals surface area contributed by atoms with E-state index in [2.05, 4.69) is 34.5 Å². The van der Waals surface area contributed by atoms with Crippen LogP contribution in [0.25, 0.3) is 0 Å². The summed E-state index contributed by atoms with van der Waals surface area (Å²) in [5.41, 5.74) is 6.45. The molecule has 0 unspecified atom stereocenters. The van der Waals surface area contributed by atoms with E-state index < -0.39 is 5.91 Å². The van der Waals surface area contributed by atoms with Gasteiger partial charge in [0.1, 0.15) is 10.7 Å². The number of nitrogens with zero attached hydrogens (tertiary/aromatic N) is 2. The molecule has 0 aliphatic rings. The first-order valence-corrected chi connectivity index (χ1v) is 6.57. The van der Waals surface area contributed by atoms with Crippen molar-refractivity contribution in [1.29, 1.82) is 0 Å². The van der Waals surface area contributed by atoms with Gasteiger partial charge in [0.2, 0.25) is 0 Å². The first-order valence-electron chi connectivity index (χ1n) is 6.19. The van der Waals surface area contributed by atoms with E-state index in [0.717, 1.165) is 12.1 Å². The molecule has 0 fully saturated rings. The molecule has 108 valence electrons. The van der Waals surface area contributed by atoms with E-state index in [1.165, 1.54) is 0 Å². The minimum absolute atomic E-state index is 0.0932. The summed E-state index contributed by atoms with van der Waals surface area (Å²) in [5.74, 6) is 0.767. The zero-order chi connectivity index (χ0) is 14.7. The van der Waals surface area contributed by atoms with Gasteiger partial charge in [-0.2, -0.15) is 5.10 Å². The third-order valence-electron chi connectivity index (χ3n) is 2.61. The van der Waals surface area contributed by atoms with Crippen LogP contribution >= 0.6 is 11.6 Å². The molecule has 20 heavy (non-hydrogen) atoms. The molecule has 0 saturated carbocycles. The SMILES string of the molecule is CC(C)Cc1cc(CNC(=O)c2[nH]nc(N)c2Cl)on1. The first-order chi connectivity index (χ1) is 9.47. The Morgan fingerprint density at radius 1 is 1.60 bits per heavy atom. The van der Waals surface area contributed by atoms with Gasteiger partial charge in [-0.15, -0.1) is 0 Å². The summed E-state index contributed by atoms with van der Waals surface area (Å²) in [5, 5.41) is 12.8. The summed E-state index contributed by atoms with van der Waals surface area (Å²) in [4.78, 5) is 11.9. The third-order valence-corrected chi connectivity index (χ3v) is 2.99. The molecule has 2 heterocycles. The maximum atomic E-state index is 11.9. The minimum atomic E-state index is -0.402. The fourth-order valence-electron chi connectivity index (χ4n) is 1.70. The van der Waals surface area contributed by atoms with Crippen molar-refractivity contribution in [2.45, 2.75) is 26.8 Å². The molecule has 8 heteroatoms. The molecule has 1 amide bonds. The summed E-state index contributed by atoms with van der Waals surface area (Å²) in [7, 11) is 0. The molecule has 0 radical (unpaired) electrons. The van der Waals surface area contributed by atoms with Gasteiger partial charge in [-0.05, 0) is 12.3 Å². The highest BCUT2D eigenvalue weighted by molar-refractivity contribution is 6.35. The van der Waals surface area contributed by atoms with E-state index in [1.54, 1.807) is 0 Å². The van der Waals surface area contributed by atoms with Gasteiger partial charge in [0.15, 0.2) is 11.6 Å². The molecule has 7 nitrogen and oxygen atoms in total. The molecule has 2 rings (SSSR count). The van der Waals surface area contributed by atoms with Crippen molar-refractivity contribution in [3.63, 3.8) is 0 Å². The molecule has 0 atom stereocenters. The number of hydrogen-bond acceptors (Lipinski definition) is 5. The zero-order valence-corrected chi connectivity index (χ0v) is 12.0. The molecule has 0 aliphatic carbocycles. The van der Waals surface area contributed by atoms with Crippen LogP contribution in [0.5, 0.6) is 0 Å². The van der Waals surface area contributed by atoms with Crippen molar-refractivity contribution in [2.75, 3.05) is 5.73 Å². The highest BCUT2D eigenvalue weighted by atomic mass is 35.5. The van der Waals surface area contributed by atoms with E-state index >= 15 is 0 Å². The molecule has 0 aliphatic heterocycles. The van der Waals surface area contributed by atoms with Crippen molar-refractivity contribution in [3.8, 4) is 0 Å². The number of nitrogens with two attached hydrogens (primary N) is 1. The zero-order valence-electron chi connectivity index (χ0n) is 11.2. The quantitative estimate of drug-likeness (QED) is 0.779. The van der Waals surface area contributed by atoms with E-state index in [1.807, 2.05) is 6.07 Å². The van der Waals surface area contributed by atoms with Gasteiger partial charge in [-0.3, -0.25) is 9.89 Å². The summed E-state index contributed by atoms with van der Waals surface area (Å²) >= 11 is 5.83. The lowest BCUT2D eigenvalue weighted by Crippen LogP contribution is -2.23. The first kappa shape index (κ1) is 14.4. The Labute approximate surface area is 120 Å². The molecule has 0 saturated heterocycles. The van der Waals surface area contributed by atoms with Gasteiger partial charge in [-0.1, -0.05) is 30.6 Å². The van der Waals surface area contributed by atoms with Crippen molar-refractivity contribution in [1.82, 2.24) is 20.7 Å². The van der Waals surface area contributed by atoms with Crippen molar-refractivity contribution in [3.05, 3.63) is 28.2 Å². The molecule has 2 aromatic heterocycles. The summed E-state index contributed by atoms with van der Waals surface area (Å²) in [6.07, 6.45) is 0.834. The fraction of sp³-hybridized carbons (Fsp3) is 0.417. The van der Waals surface area contributed by atoms with Crippen LogP contribution in [-0.4, -0.2) is 21.3 Å². The van der Waals surface area contributed by atoms with Gasteiger partial charge >= 0.3 is 0 Å². The highest BCUT2D eigenvalue weighted by Crippen LogP contribution is 2.19. The van der Waals surface area contributed by atoms with Crippen LogP contribution in [-0.2, 0) is 13.0 Å². The minimum Gasteiger partial charge on any atom is -0.381 e. The number of amides is 1. The molecule has 2 aromatic rings. The lowest BCUT2D eigenvalue weighted by atomic mass is 10.1. The smallest absolute Gasteiger partial charge is 0.271 e. The molecule has 0 aromatic carbocycles. The van der Waals surface area contributed by atoms with Crippen molar-refractivity contribution in [2.24, 2.45) is 5.92 Å². The standard InChI is InChI=1S/C12H16ClN5O2/c1-6(2)3-7-4-8(20-18-7)5-15-12(19)10-9(13)11(14)17-16-10/h4,6H,3,5H2,1-2H3,(H,15,19)(H3,14,16,17). The van der Waals surface area contributed by atoms with Gasteiger partial charge in [0.25, 0.3) is 5.91 Å². The van der Waals surface area contributed by atoms with Crippen LogP contribution in [0.4, 0.5) is 5.82 Å². The maximum absolute atomic E-state index is 11.9. The topological polar surface area (TPSA) is 110 Å². The summed E-state index contributed by atoms with van der Waals surface area (Å²) in [6.45, 7) is 4.42. The molecular formula is C12H16ClN5O2. The van der Waals surface area contributed by atoms with E-state index in [9.17, 15) is 4.79 Å². The number of anilines is 1. The average molecular weight is 298 g/mol. The third kappa shape index (κ3) is 3.30. The largest absolute Gasteiger partial charge is 0.381 e. The number of aromatic amines is 1. The number of aromatic nitrogens is 3. The van der Waals surface area contributed by atoms with Crippen LogP contribution in [0.15, 0.2) is 10.6 Å². The van der Waals surface area contributed by atoms with Gasteiger partial charge in [0, 0.05) is 6.07 Å². The Kier molecular flexibility index (Phi) is 4.29. The average Bonchev–Trinajstić information content (AvgIpc) is 2.95. The molecular weight excluding hydrogens is 282 g/mol. The molecule has 4 N–H and O–H groups in total. The lowest BCUT2D eigenvalue weighted by molar-refractivity contribution is 0.0942. The summed E-state index contributed by atoms with van der Waals surface area (Å²) < 4.78 is 5.14. The van der Waals surface area contributed by atoms with Crippen LogP contribution in [0.1, 0.15) is 35.8 Å². The molecule has 0 spiro atoms. The Hall–Kier alpha value is -2.02. The van der Waals surface area contributed by atoms with Crippen LogP contribution in [0.3, 0.4) is 0 Å². The summed E-state index contributed by atoms with van der Waals surface area (Å²) in [6, 6.07) is 1.82. The number of rotatable bonds is 5. The number of carbonyl (C=O) groups is 1. The monoisotopic (exact) mass is 297 g/mol. The number of hydrogen-bond donors (Lipinski definition) is 3. The Balaban J connectivity index is 1.93. The van der Waals surface area contributed by atoms with E-state index in [-0.39, 0.29) is 23.1 Å². The van der Waals surface area contributed by atoms with Crippen molar-refractivity contribution < 1.29 is 9.32 Å². The van der Waals surface area contributed by atoms with E-state index in [0.29, 0.717) is 11.7 Å². The Bertz CT molecular complexity index is 605. The fourth-order valence-corrected chi connectivity index (χ4v) is 1.87. The Morgan fingerprint density at radius 2 is 2.35 bits per heavy atom. The lowest BCUT2D eigenvalue weighted by Gasteiger charge is -2.00. The predicted molar refractivity (Wildman–Crippen MR) is 74.2 cm³/mol. The number of nitrogen functional groups attached to an aromatic ring is 1. The van der Waals surface area contributed by atoms with Gasteiger partial charge < -0.3 is 15.6 Å². The Morgan fingerprint density at radius 3 is 2.95 bits per heavy atom. The number of H-pyrrole nitrogens is 1. The second-order valence-electron chi connectivity index (χ2n) is 4.86. The predicted octanol–water partition coefficient (Wildman–Crippen LogP) is 1.76. The van der Waals surface area contributed by atoms with Crippen molar-refractivity contribution >= 4 is 23.3 Å². The second-order valence-corrected chi connectivity index (χ2v) is 5.24. The highest BCUT2D eigenvalue weighted by Gasteiger charge is 2.16. The van der Waals surface area contributed by atoms with Crippen LogP contribution in [0.2, 0.25) is 5.02 Å². The number of halogens is 1. The van der Waals surface area contributed by atoms with Crippen LogP contribution in [0, 0.1) is 5.92 Å². The number of carbonyl (C=O) groups excluding carboxylic acids is 1. The second kappa shape index (κ2) is 5.96. The van der Waals surface area contributed by atoms with E-state index in [4.69, 9.17) is 21.9 Å². The van der Waals surface area contributed by atoms with Gasteiger partial charge in [-0.25, -0.2) is 0 Å². The maximum Gasteiger partial charge on any atom is 0.271 e. The number of nitrogens with one attached hydrogen (secondary N) is 2. The molecule has 0 bridgehead atoms. The van der Waals surface area contributed by atoms with Gasteiger partial charge in [0.05, 0.1) is 12.2 Å². The normalized spacial score (nSPS) is 11.0.